The maximum absolute atomic E-state index is 13.2. The van der Waals surface area contributed by atoms with Gasteiger partial charge in [-0.2, -0.15) is 0 Å². The molecule has 0 saturated carbocycles. The van der Waals surface area contributed by atoms with Crippen molar-refractivity contribution in [3.05, 3.63) is 41.3 Å². The summed E-state index contributed by atoms with van der Waals surface area (Å²) < 4.78 is 41.2. The average molecular weight is 366 g/mol. The minimum atomic E-state index is -3.90. The van der Waals surface area contributed by atoms with Crippen LogP contribution >= 0.6 is 0 Å². The lowest BCUT2D eigenvalue weighted by molar-refractivity contribution is -0.114. The zero-order valence-electron chi connectivity index (χ0n) is 15.1. The van der Waals surface area contributed by atoms with E-state index >= 15 is 0 Å². The van der Waals surface area contributed by atoms with E-state index in [-0.39, 0.29) is 27.4 Å². The summed E-state index contributed by atoms with van der Waals surface area (Å²) in [5.74, 6) is -0.329. The normalized spacial score (nSPS) is 11.8. The van der Waals surface area contributed by atoms with Crippen LogP contribution < -0.4 is 5.32 Å². The Morgan fingerprint density at radius 3 is 2.24 bits per heavy atom. The smallest absolute Gasteiger partial charge is 0.222 e. The molecule has 0 aliphatic heterocycles. The van der Waals surface area contributed by atoms with Crippen molar-refractivity contribution in [1.82, 2.24) is 4.57 Å². The molecule has 1 N–H and O–H groups in total. The molecule has 0 atom stereocenters. The largest absolute Gasteiger partial charge is 0.330 e. The second-order valence-electron chi connectivity index (χ2n) is 6.53. The van der Waals surface area contributed by atoms with Crippen LogP contribution in [0.1, 0.15) is 32.0 Å². The van der Waals surface area contributed by atoms with Crippen molar-refractivity contribution in [1.29, 1.82) is 0 Å². The van der Waals surface area contributed by atoms with Gasteiger partial charge in [0.1, 0.15) is 16.5 Å². The number of carbonyl (C=O) groups is 1. The zero-order chi connectivity index (χ0) is 18.9. The van der Waals surface area contributed by atoms with Crippen LogP contribution in [0, 0.1) is 25.6 Å². The lowest BCUT2D eigenvalue weighted by atomic mass is 10.2. The SMILES string of the molecule is CC(=O)Nc1c(S(=O)(=O)c2ccc(F)cc2)c(C)c(C)n1CC(C)C. The quantitative estimate of drug-likeness (QED) is 0.821. The molecule has 1 amide bonds. The molecule has 0 saturated heterocycles. The molecule has 25 heavy (non-hydrogen) atoms. The summed E-state index contributed by atoms with van der Waals surface area (Å²) in [6.07, 6.45) is 0. The van der Waals surface area contributed by atoms with Gasteiger partial charge in [-0.25, -0.2) is 12.8 Å². The number of amides is 1. The van der Waals surface area contributed by atoms with Crippen molar-refractivity contribution in [2.24, 2.45) is 5.92 Å². The number of hydrogen-bond acceptors (Lipinski definition) is 3. The number of rotatable bonds is 5. The summed E-state index contributed by atoms with van der Waals surface area (Å²) in [7, 11) is -3.90. The van der Waals surface area contributed by atoms with Gasteiger partial charge in [0.2, 0.25) is 15.7 Å². The molecular weight excluding hydrogens is 343 g/mol. The predicted molar refractivity (Wildman–Crippen MR) is 94.9 cm³/mol. The summed E-state index contributed by atoms with van der Waals surface area (Å²) >= 11 is 0. The highest BCUT2D eigenvalue weighted by Gasteiger charge is 2.30. The van der Waals surface area contributed by atoms with E-state index in [0.29, 0.717) is 12.1 Å². The number of nitrogens with zero attached hydrogens (tertiary/aromatic N) is 1. The zero-order valence-corrected chi connectivity index (χ0v) is 15.9. The Morgan fingerprint density at radius 1 is 1.20 bits per heavy atom. The molecule has 0 aliphatic carbocycles. The maximum Gasteiger partial charge on any atom is 0.222 e. The van der Waals surface area contributed by atoms with Gasteiger partial charge >= 0.3 is 0 Å². The molecule has 2 aromatic rings. The first-order valence-electron chi connectivity index (χ1n) is 8.03. The number of anilines is 1. The molecule has 0 radical (unpaired) electrons. The second-order valence-corrected chi connectivity index (χ2v) is 8.42. The fourth-order valence-corrected chi connectivity index (χ4v) is 4.48. The Labute approximate surface area is 147 Å². The summed E-state index contributed by atoms with van der Waals surface area (Å²) in [6.45, 7) is 9.48. The highest BCUT2D eigenvalue weighted by atomic mass is 32.2. The standard InChI is InChI=1S/C18H23FN2O3S/c1-11(2)10-21-13(4)12(3)17(18(21)20-14(5)22)25(23,24)16-8-6-15(19)7-9-16/h6-9,11H,10H2,1-5H3,(H,20,22). The van der Waals surface area contributed by atoms with Crippen LogP contribution in [0.25, 0.3) is 0 Å². The molecule has 0 spiro atoms. The summed E-state index contributed by atoms with van der Waals surface area (Å²) in [4.78, 5) is 11.7. The van der Waals surface area contributed by atoms with Gasteiger partial charge in [0, 0.05) is 19.2 Å². The molecule has 0 bridgehead atoms. The number of benzene rings is 1. The number of carbonyl (C=O) groups excluding carboxylic acids is 1. The summed E-state index contributed by atoms with van der Waals surface area (Å²) in [6, 6.07) is 4.68. The molecular formula is C18H23FN2O3S. The van der Waals surface area contributed by atoms with E-state index in [2.05, 4.69) is 5.32 Å². The lowest BCUT2D eigenvalue weighted by Crippen LogP contribution is -2.16. The van der Waals surface area contributed by atoms with Crippen LogP contribution in [0.15, 0.2) is 34.1 Å². The van der Waals surface area contributed by atoms with Gasteiger partial charge in [-0.15, -0.1) is 0 Å². The molecule has 0 aliphatic rings. The van der Waals surface area contributed by atoms with E-state index in [4.69, 9.17) is 0 Å². The molecule has 136 valence electrons. The third-order valence-corrected chi connectivity index (χ3v) is 5.94. The summed E-state index contributed by atoms with van der Waals surface area (Å²) in [5.41, 5.74) is 1.35. The minimum absolute atomic E-state index is 0.00898. The number of hydrogen-bond donors (Lipinski definition) is 1. The van der Waals surface area contributed by atoms with Crippen molar-refractivity contribution in [3.8, 4) is 0 Å². The second kappa shape index (κ2) is 7.00. The Morgan fingerprint density at radius 2 is 1.76 bits per heavy atom. The van der Waals surface area contributed by atoms with Gasteiger partial charge in [0.05, 0.1) is 4.90 Å². The molecule has 0 unspecified atom stereocenters. The maximum atomic E-state index is 13.2. The first kappa shape index (κ1) is 19.2. The highest BCUT2D eigenvalue weighted by Crippen LogP contribution is 2.35. The van der Waals surface area contributed by atoms with E-state index in [1.54, 1.807) is 6.92 Å². The molecule has 1 heterocycles. The molecule has 1 aromatic heterocycles. The fourth-order valence-electron chi connectivity index (χ4n) is 2.78. The Bertz CT molecular complexity index is 897. The third kappa shape index (κ3) is 3.76. The van der Waals surface area contributed by atoms with Gasteiger partial charge in [0.15, 0.2) is 0 Å². The van der Waals surface area contributed by atoms with Crippen LogP contribution in [0.3, 0.4) is 0 Å². The summed E-state index contributed by atoms with van der Waals surface area (Å²) in [5, 5.41) is 2.67. The highest BCUT2D eigenvalue weighted by molar-refractivity contribution is 7.91. The van der Waals surface area contributed by atoms with Crippen LogP contribution in [0.4, 0.5) is 10.2 Å². The van der Waals surface area contributed by atoms with Gasteiger partial charge in [-0.05, 0) is 49.6 Å². The Balaban J connectivity index is 2.74. The van der Waals surface area contributed by atoms with Gasteiger partial charge in [-0.3, -0.25) is 4.79 Å². The number of aromatic nitrogens is 1. The molecule has 5 nitrogen and oxygen atoms in total. The minimum Gasteiger partial charge on any atom is -0.330 e. The van der Waals surface area contributed by atoms with Crippen LogP contribution in [-0.2, 0) is 21.2 Å². The molecule has 2 rings (SSSR count). The van der Waals surface area contributed by atoms with Crippen LogP contribution in [-0.4, -0.2) is 18.9 Å². The van der Waals surface area contributed by atoms with E-state index in [9.17, 15) is 17.6 Å². The van der Waals surface area contributed by atoms with Crippen molar-refractivity contribution >= 4 is 21.6 Å². The van der Waals surface area contributed by atoms with Crippen LogP contribution in [0.2, 0.25) is 0 Å². The Hall–Kier alpha value is -2.15. The first-order valence-corrected chi connectivity index (χ1v) is 9.52. The van der Waals surface area contributed by atoms with Crippen LogP contribution in [0.5, 0.6) is 0 Å². The van der Waals surface area contributed by atoms with Gasteiger partial charge in [-0.1, -0.05) is 13.8 Å². The molecule has 7 heteroatoms. The van der Waals surface area contributed by atoms with Gasteiger partial charge in [0.25, 0.3) is 0 Å². The monoisotopic (exact) mass is 366 g/mol. The lowest BCUT2D eigenvalue weighted by Gasteiger charge is -2.15. The number of sulfone groups is 1. The topological polar surface area (TPSA) is 68.2 Å². The van der Waals surface area contributed by atoms with Crippen molar-refractivity contribution < 1.29 is 17.6 Å². The predicted octanol–water partition coefficient (Wildman–Crippen LogP) is 3.69. The van der Waals surface area contributed by atoms with E-state index in [0.717, 1.165) is 17.8 Å². The number of nitrogens with one attached hydrogen (secondary N) is 1. The van der Waals surface area contributed by atoms with E-state index in [1.807, 2.05) is 25.3 Å². The third-order valence-electron chi connectivity index (χ3n) is 4.01. The van der Waals surface area contributed by atoms with Crippen molar-refractivity contribution in [2.75, 3.05) is 5.32 Å². The van der Waals surface area contributed by atoms with E-state index < -0.39 is 15.7 Å². The van der Waals surface area contributed by atoms with Crippen molar-refractivity contribution in [3.63, 3.8) is 0 Å². The van der Waals surface area contributed by atoms with Crippen molar-refractivity contribution in [2.45, 2.75) is 51.0 Å². The fraction of sp³-hybridized carbons (Fsp3) is 0.389. The van der Waals surface area contributed by atoms with E-state index in [1.165, 1.54) is 19.1 Å². The molecule has 0 fully saturated rings. The first-order chi connectivity index (χ1) is 11.6. The molecule has 1 aromatic carbocycles. The number of halogens is 1. The van der Waals surface area contributed by atoms with Gasteiger partial charge < -0.3 is 9.88 Å². The Kier molecular flexibility index (Phi) is 5.37. The average Bonchev–Trinajstić information content (AvgIpc) is 2.71.